The van der Waals surface area contributed by atoms with Crippen LogP contribution in [0.2, 0.25) is 0 Å². The minimum Gasteiger partial charge on any atom is -0.545 e. The summed E-state index contributed by atoms with van der Waals surface area (Å²) in [5.74, 6) is -2.03. The fraction of sp³-hybridized carbons (Fsp3) is 0.333. The van der Waals surface area contributed by atoms with Gasteiger partial charge in [0.2, 0.25) is 0 Å². The Morgan fingerprint density at radius 1 is 1.24 bits per heavy atom. The van der Waals surface area contributed by atoms with Crippen molar-refractivity contribution in [3.63, 3.8) is 0 Å². The summed E-state index contributed by atoms with van der Waals surface area (Å²) in [7, 11) is 3.70. The highest BCUT2D eigenvalue weighted by Crippen LogP contribution is 2.09. The lowest BCUT2D eigenvalue weighted by atomic mass is 10.1. The number of rotatable bonds is 5. The highest BCUT2D eigenvalue weighted by atomic mass is 16.5. The molecule has 0 aliphatic heterocycles. The van der Waals surface area contributed by atoms with Crippen molar-refractivity contribution in [1.29, 1.82) is 0 Å². The fourth-order valence-corrected chi connectivity index (χ4v) is 1.24. The van der Waals surface area contributed by atoms with Crippen LogP contribution in [0, 0.1) is 0 Å². The van der Waals surface area contributed by atoms with Crippen molar-refractivity contribution in [3.8, 4) is 0 Å². The first-order valence-corrected chi connectivity index (χ1v) is 5.14. The number of hydrogen-bond acceptors (Lipinski definition) is 5. The molecular weight excluding hydrogens is 222 g/mol. The van der Waals surface area contributed by atoms with Crippen LogP contribution in [-0.2, 0) is 4.74 Å². The van der Waals surface area contributed by atoms with Crippen LogP contribution in [0.15, 0.2) is 24.3 Å². The lowest BCUT2D eigenvalue weighted by Crippen LogP contribution is -2.26. The van der Waals surface area contributed by atoms with Gasteiger partial charge in [-0.3, -0.25) is 0 Å². The van der Waals surface area contributed by atoms with Gasteiger partial charge in [-0.2, -0.15) is 0 Å². The average molecular weight is 236 g/mol. The number of benzene rings is 1. The van der Waals surface area contributed by atoms with Crippen LogP contribution in [0.5, 0.6) is 0 Å². The fourth-order valence-electron chi connectivity index (χ4n) is 1.24. The number of carboxylic acid groups (broad SMARTS) is 1. The standard InChI is InChI=1S/C12H15NO4/c1-13(2)7-8-17-12(16)10-6-4-3-5-9(10)11(14)15/h3-6H,7-8H2,1-2H3,(H,14,15)/p-1. The molecule has 0 saturated carbocycles. The first-order chi connectivity index (χ1) is 8.02. The molecule has 0 N–H and O–H groups in total. The van der Waals surface area contributed by atoms with E-state index in [0.29, 0.717) is 6.54 Å². The Labute approximate surface area is 99.6 Å². The molecule has 0 aliphatic rings. The zero-order valence-corrected chi connectivity index (χ0v) is 9.80. The normalized spacial score (nSPS) is 10.3. The number of likely N-dealkylation sites (N-methyl/N-ethyl adjacent to an activating group) is 1. The van der Waals surface area contributed by atoms with E-state index in [1.54, 1.807) is 6.07 Å². The molecule has 0 bridgehead atoms. The maximum Gasteiger partial charge on any atom is 0.338 e. The van der Waals surface area contributed by atoms with Crippen LogP contribution in [0.4, 0.5) is 0 Å². The van der Waals surface area contributed by atoms with E-state index < -0.39 is 11.9 Å². The topological polar surface area (TPSA) is 69.7 Å². The number of carbonyl (C=O) groups excluding carboxylic acids is 2. The van der Waals surface area contributed by atoms with Gasteiger partial charge >= 0.3 is 5.97 Å². The molecule has 0 unspecified atom stereocenters. The molecule has 0 saturated heterocycles. The lowest BCUT2D eigenvalue weighted by Gasteiger charge is -2.12. The van der Waals surface area contributed by atoms with Gasteiger partial charge in [0.05, 0.1) is 11.5 Å². The van der Waals surface area contributed by atoms with Gasteiger partial charge in [-0.25, -0.2) is 4.79 Å². The van der Waals surface area contributed by atoms with E-state index in [1.807, 2.05) is 19.0 Å². The second-order valence-corrected chi connectivity index (χ2v) is 3.77. The van der Waals surface area contributed by atoms with Crippen LogP contribution < -0.4 is 5.11 Å². The lowest BCUT2D eigenvalue weighted by molar-refractivity contribution is -0.255. The van der Waals surface area contributed by atoms with Crippen molar-refractivity contribution in [3.05, 3.63) is 35.4 Å². The largest absolute Gasteiger partial charge is 0.545 e. The molecule has 0 heterocycles. The first-order valence-electron chi connectivity index (χ1n) is 5.14. The predicted octanol–water partition coefficient (Wildman–Crippen LogP) is -0.232. The molecular formula is C12H14NO4-. The van der Waals surface area contributed by atoms with E-state index in [2.05, 4.69) is 0 Å². The molecule has 0 fully saturated rings. The SMILES string of the molecule is CN(C)CCOC(=O)c1ccccc1C(=O)[O-]. The molecule has 5 heteroatoms. The predicted molar refractivity (Wildman–Crippen MR) is 59.6 cm³/mol. The smallest absolute Gasteiger partial charge is 0.338 e. The monoisotopic (exact) mass is 236 g/mol. The molecule has 17 heavy (non-hydrogen) atoms. The van der Waals surface area contributed by atoms with Crippen LogP contribution in [0.3, 0.4) is 0 Å². The van der Waals surface area contributed by atoms with Gasteiger partial charge in [0.15, 0.2) is 0 Å². The molecule has 5 nitrogen and oxygen atoms in total. The minimum absolute atomic E-state index is 0.0197. The summed E-state index contributed by atoms with van der Waals surface area (Å²) in [6, 6.07) is 5.83. The average Bonchev–Trinajstić information content (AvgIpc) is 2.28. The van der Waals surface area contributed by atoms with Gasteiger partial charge in [-0.15, -0.1) is 0 Å². The number of esters is 1. The Kier molecular flexibility index (Phi) is 4.66. The zero-order chi connectivity index (χ0) is 12.8. The summed E-state index contributed by atoms with van der Waals surface area (Å²) in [6.07, 6.45) is 0. The number of ether oxygens (including phenoxy) is 1. The summed E-state index contributed by atoms with van der Waals surface area (Å²) >= 11 is 0. The molecule has 0 aliphatic carbocycles. The molecule has 0 atom stereocenters. The second-order valence-electron chi connectivity index (χ2n) is 3.77. The van der Waals surface area contributed by atoms with Gasteiger partial charge in [0.1, 0.15) is 6.61 Å². The second kappa shape index (κ2) is 6.00. The third kappa shape index (κ3) is 3.88. The van der Waals surface area contributed by atoms with Crippen LogP contribution in [0.1, 0.15) is 20.7 Å². The highest BCUT2D eigenvalue weighted by Gasteiger charge is 2.12. The number of aromatic carboxylic acids is 1. The number of carbonyl (C=O) groups is 2. The Bertz CT molecular complexity index is 415. The summed E-state index contributed by atoms with van der Waals surface area (Å²) in [5, 5.41) is 10.8. The molecule has 1 aromatic rings. The van der Waals surface area contributed by atoms with Crippen molar-refractivity contribution in [2.24, 2.45) is 0 Å². The van der Waals surface area contributed by atoms with Gasteiger partial charge in [0.25, 0.3) is 0 Å². The third-order valence-corrected chi connectivity index (χ3v) is 2.14. The van der Waals surface area contributed by atoms with E-state index in [0.717, 1.165) is 0 Å². The van der Waals surface area contributed by atoms with E-state index in [4.69, 9.17) is 4.74 Å². The zero-order valence-electron chi connectivity index (χ0n) is 9.80. The molecule has 0 aromatic heterocycles. The van der Waals surface area contributed by atoms with Crippen LogP contribution in [0.25, 0.3) is 0 Å². The Hall–Kier alpha value is -1.88. The van der Waals surface area contributed by atoms with E-state index in [9.17, 15) is 14.7 Å². The van der Waals surface area contributed by atoms with Crippen molar-refractivity contribution >= 4 is 11.9 Å². The minimum atomic E-state index is -1.38. The summed E-state index contributed by atoms with van der Waals surface area (Å²) in [6.45, 7) is 0.798. The molecule has 0 radical (unpaired) electrons. The van der Waals surface area contributed by atoms with Crippen LogP contribution >= 0.6 is 0 Å². The van der Waals surface area contributed by atoms with Gasteiger partial charge in [-0.05, 0) is 20.2 Å². The first kappa shape index (κ1) is 13.2. The number of hydrogen-bond donors (Lipinski definition) is 0. The van der Waals surface area contributed by atoms with Crippen molar-refractivity contribution in [2.75, 3.05) is 27.2 Å². The maximum atomic E-state index is 11.6. The van der Waals surface area contributed by atoms with Crippen molar-refractivity contribution in [2.45, 2.75) is 0 Å². The Balaban J connectivity index is 2.72. The van der Waals surface area contributed by atoms with E-state index in [1.165, 1.54) is 18.2 Å². The van der Waals surface area contributed by atoms with Gasteiger partial charge in [-0.1, -0.05) is 18.2 Å². The molecule has 1 rings (SSSR count). The molecule has 0 spiro atoms. The molecule has 0 amide bonds. The van der Waals surface area contributed by atoms with Crippen molar-refractivity contribution in [1.82, 2.24) is 4.90 Å². The van der Waals surface area contributed by atoms with E-state index >= 15 is 0 Å². The number of nitrogens with zero attached hydrogens (tertiary/aromatic N) is 1. The molecule has 1 aromatic carbocycles. The maximum absolute atomic E-state index is 11.6. The van der Waals surface area contributed by atoms with Crippen LogP contribution in [-0.4, -0.2) is 44.1 Å². The third-order valence-electron chi connectivity index (χ3n) is 2.14. The summed E-state index contributed by atoms with van der Waals surface area (Å²) in [4.78, 5) is 24.3. The Morgan fingerprint density at radius 3 is 2.35 bits per heavy atom. The van der Waals surface area contributed by atoms with Crippen molar-refractivity contribution < 1.29 is 19.4 Å². The Morgan fingerprint density at radius 2 is 1.82 bits per heavy atom. The quantitative estimate of drug-likeness (QED) is 0.660. The van der Waals surface area contributed by atoms with Gasteiger partial charge in [0, 0.05) is 12.1 Å². The number of carboxylic acids is 1. The highest BCUT2D eigenvalue weighted by molar-refractivity contribution is 6.01. The summed E-state index contributed by atoms with van der Waals surface area (Å²) < 4.78 is 4.96. The summed E-state index contributed by atoms with van der Waals surface area (Å²) in [5.41, 5.74) is -0.131. The van der Waals surface area contributed by atoms with Gasteiger partial charge < -0.3 is 19.5 Å². The molecule has 92 valence electrons. The van der Waals surface area contributed by atoms with E-state index in [-0.39, 0.29) is 17.7 Å².